The van der Waals surface area contributed by atoms with Crippen molar-refractivity contribution < 1.29 is 9.59 Å². The van der Waals surface area contributed by atoms with E-state index in [4.69, 9.17) is 23.2 Å². The third-order valence-corrected chi connectivity index (χ3v) is 3.99. The molecule has 0 saturated carbocycles. The molecule has 1 fully saturated rings. The summed E-state index contributed by atoms with van der Waals surface area (Å²) in [6.45, 7) is 1.80. The number of benzene rings is 1. The summed E-state index contributed by atoms with van der Waals surface area (Å²) in [7, 11) is 1.87. The van der Waals surface area contributed by atoms with E-state index in [-0.39, 0.29) is 24.2 Å². The van der Waals surface area contributed by atoms with Crippen LogP contribution in [0, 0.1) is 5.92 Å². The minimum absolute atomic E-state index is 0.0833. The summed E-state index contributed by atoms with van der Waals surface area (Å²) in [6.07, 6.45) is 1.07. The van der Waals surface area contributed by atoms with Gasteiger partial charge in [-0.15, -0.1) is 0 Å². The topological polar surface area (TPSA) is 61.4 Å². The maximum absolute atomic E-state index is 12.1. The van der Waals surface area contributed by atoms with Gasteiger partial charge in [0.2, 0.25) is 11.8 Å². The average Bonchev–Trinajstić information content (AvgIpc) is 2.84. The van der Waals surface area contributed by atoms with E-state index in [1.54, 1.807) is 23.1 Å². The van der Waals surface area contributed by atoms with Crippen LogP contribution in [0.2, 0.25) is 10.0 Å². The Bertz CT molecular complexity index is 545. The molecular weight excluding hydrogens is 325 g/mol. The van der Waals surface area contributed by atoms with E-state index in [0.29, 0.717) is 28.8 Å². The molecule has 2 N–H and O–H groups in total. The second kappa shape index (κ2) is 7.81. The van der Waals surface area contributed by atoms with E-state index in [1.165, 1.54) is 0 Å². The van der Waals surface area contributed by atoms with Crippen LogP contribution in [-0.2, 0) is 9.59 Å². The van der Waals surface area contributed by atoms with Gasteiger partial charge in [0.1, 0.15) is 0 Å². The molecule has 0 bridgehead atoms. The van der Waals surface area contributed by atoms with Gasteiger partial charge in [-0.3, -0.25) is 9.59 Å². The number of carbonyl (C=O) groups excluding carboxylic acids is 2. The zero-order chi connectivity index (χ0) is 16.1. The SMILES string of the molecule is CNCCCNC(=O)C1CC(=O)N(c2cc(Cl)cc(Cl)c2)C1. The summed E-state index contributed by atoms with van der Waals surface area (Å²) in [6, 6.07) is 4.97. The number of hydrogen-bond donors (Lipinski definition) is 2. The van der Waals surface area contributed by atoms with Gasteiger partial charge in [-0.25, -0.2) is 0 Å². The molecular formula is C15H19Cl2N3O2. The quantitative estimate of drug-likeness (QED) is 0.777. The average molecular weight is 344 g/mol. The molecule has 1 aliphatic rings. The predicted octanol–water partition coefficient (Wildman–Crippen LogP) is 2.07. The van der Waals surface area contributed by atoms with Crippen molar-refractivity contribution in [2.45, 2.75) is 12.8 Å². The molecule has 1 aromatic rings. The molecule has 2 rings (SSSR count). The van der Waals surface area contributed by atoms with Crippen molar-refractivity contribution in [2.75, 3.05) is 31.6 Å². The molecule has 0 aromatic heterocycles. The Kier molecular flexibility index (Phi) is 6.06. The summed E-state index contributed by atoms with van der Waals surface area (Å²) in [5.74, 6) is -0.506. The molecule has 1 atom stereocenters. The van der Waals surface area contributed by atoms with Crippen molar-refractivity contribution in [3.8, 4) is 0 Å². The highest BCUT2D eigenvalue weighted by Gasteiger charge is 2.35. The Balaban J connectivity index is 1.97. The Labute approximate surface area is 139 Å². The van der Waals surface area contributed by atoms with Crippen LogP contribution in [0.4, 0.5) is 5.69 Å². The number of halogens is 2. The van der Waals surface area contributed by atoms with Crippen LogP contribution in [-0.4, -0.2) is 38.5 Å². The summed E-state index contributed by atoms with van der Waals surface area (Å²) in [5.41, 5.74) is 0.632. The van der Waals surface area contributed by atoms with Crippen LogP contribution in [0.15, 0.2) is 18.2 Å². The van der Waals surface area contributed by atoms with Gasteiger partial charge in [-0.2, -0.15) is 0 Å². The molecule has 2 amide bonds. The third kappa shape index (κ3) is 4.35. The molecule has 1 aromatic carbocycles. The first-order chi connectivity index (χ1) is 10.5. The van der Waals surface area contributed by atoms with Gasteiger partial charge in [0.15, 0.2) is 0 Å². The number of anilines is 1. The van der Waals surface area contributed by atoms with Crippen LogP contribution in [0.25, 0.3) is 0 Å². The first-order valence-corrected chi connectivity index (χ1v) is 7.95. The van der Waals surface area contributed by atoms with Gasteiger partial charge in [0.05, 0.1) is 5.92 Å². The number of nitrogens with one attached hydrogen (secondary N) is 2. The van der Waals surface area contributed by atoms with Crippen molar-refractivity contribution >= 4 is 40.7 Å². The fourth-order valence-electron chi connectivity index (χ4n) is 2.45. The highest BCUT2D eigenvalue weighted by Crippen LogP contribution is 2.30. The second-order valence-electron chi connectivity index (χ2n) is 5.28. The number of carbonyl (C=O) groups is 2. The van der Waals surface area contributed by atoms with Gasteiger partial charge >= 0.3 is 0 Å². The Morgan fingerprint density at radius 1 is 1.27 bits per heavy atom. The summed E-state index contributed by atoms with van der Waals surface area (Å²) in [4.78, 5) is 25.8. The molecule has 1 heterocycles. The minimum atomic E-state index is -0.333. The van der Waals surface area contributed by atoms with E-state index in [0.717, 1.165) is 13.0 Å². The fraction of sp³-hybridized carbons (Fsp3) is 0.467. The van der Waals surface area contributed by atoms with Gasteiger partial charge in [0, 0.05) is 35.2 Å². The molecule has 22 heavy (non-hydrogen) atoms. The van der Waals surface area contributed by atoms with Gasteiger partial charge < -0.3 is 15.5 Å². The van der Waals surface area contributed by atoms with E-state index in [9.17, 15) is 9.59 Å². The largest absolute Gasteiger partial charge is 0.356 e. The predicted molar refractivity (Wildman–Crippen MR) is 88.5 cm³/mol. The molecule has 120 valence electrons. The molecule has 1 aliphatic heterocycles. The van der Waals surface area contributed by atoms with E-state index >= 15 is 0 Å². The van der Waals surface area contributed by atoms with Crippen molar-refractivity contribution in [2.24, 2.45) is 5.92 Å². The smallest absolute Gasteiger partial charge is 0.227 e. The zero-order valence-corrected chi connectivity index (χ0v) is 13.9. The molecule has 1 unspecified atom stereocenters. The maximum atomic E-state index is 12.1. The van der Waals surface area contributed by atoms with Crippen LogP contribution >= 0.6 is 23.2 Å². The molecule has 0 radical (unpaired) electrons. The van der Waals surface area contributed by atoms with Crippen LogP contribution in [0.5, 0.6) is 0 Å². The minimum Gasteiger partial charge on any atom is -0.356 e. The van der Waals surface area contributed by atoms with Gasteiger partial charge in [0.25, 0.3) is 0 Å². The summed E-state index contributed by atoms with van der Waals surface area (Å²) >= 11 is 11.9. The normalized spacial score (nSPS) is 17.9. The maximum Gasteiger partial charge on any atom is 0.227 e. The third-order valence-electron chi connectivity index (χ3n) is 3.56. The van der Waals surface area contributed by atoms with E-state index in [2.05, 4.69) is 10.6 Å². The zero-order valence-electron chi connectivity index (χ0n) is 12.4. The monoisotopic (exact) mass is 343 g/mol. The molecule has 5 nitrogen and oxygen atoms in total. The van der Waals surface area contributed by atoms with Crippen molar-refractivity contribution in [1.82, 2.24) is 10.6 Å². The molecule has 0 aliphatic carbocycles. The second-order valence-corrected chi connectivity index (χ2v) is 6.15. The number of rotatable bonds is 6. The standard InChI is InChI=1S/C15H19Cl2N3O2/c1-18-3-2-4-19-15(22)10-5-14(21)20(9-10)13-7-11(16)6-12(17)8-13/h6-8,10,18H,2-5,9H2,1H3,(H,19,22). The summed E-state index contributed by atoms with van der Waals surface area (Å²) in [5, 5.41) is 6.82. The fourth-order valence-corrected chi connectivity index (χ4v) is 2.96. The Morgan fingerprint density at radius 3 is 2.59 bits per heavy atom. The Hall–Kier alpha value is -1.30. The van der Waals surface area contributed by atoms with Crippen molar-refractivity contribution in [1.29, 1.82) is 0 Å². The number of amides is 2. The lowest BCUT2D eigenvalue weighted by atomic mass is 10.1. The molecule has 1 saturated heterocycles. The first-order valence-electron chi connectivity index (χ1n) is 7.20. The lowest BCUT2D eigenvalue weighted by molar-refractivity contribution is -0.126. The molecule has 0 spiro atoms. The number of hydrogen-bond acceptors (Lipinski definition) is 3. The Morgan fingerprint density at radius 2 is 1.95 bits per heavy atom. The number of nitrogens with zero attached hydrogens (tertiary/aromatic N) is 1. The highest BCUT2D eigenvalue weighted by atomic mass is 35.5. The highest BCUT2D eigenvalue weighted by molar-refractivity contribution is 6.35. The van der Waals surface area contributed by atoms with Crippen LogP contribution in [0.1, 0.15) is 12.8 Å². The van der Waals surface area contributed by atoms with E-state index < -0.39 is 0 Å². The van der Waals surface area contributed by atoms with Crippen molar-refractivity contribution in [3.63, 3.8) is 0 Å². The van der Waals surface area contributed by atoms with E-state index in [1.807, 2.05) is 7.05 Å². The lowest BCUT2D eigenvalue weighted by Gasteiger charge is -2.17. The lowest BCUT2D eigenvalue weighted by Crippen LogP contribution is -2.34. The molecule has 7 heteroatoms. The van der Waals surface area contributed by atoms with Crippen LogP contribution in [0.3, 0.4) is 0 Å². The van der Waals surface area contributed by atoms with Crippen LogP contribution < -0.4 is 15.5 Å². The van der Waals surface area contributed by atoms with Gasteiger partial charge in [-0.05, 0) is 38.2 Å². The van der Waals surface area contributed by atoms with Gasteiger partial charge in [-0.1, -0.05) is 23.2 Å². The summed E-state index contributed by atoms with van der Waals surface area (Å²) < 4.78 is 0. The van der Waals surface area contributed by atoms with Crippen molar-refractivity contribution in [3.05, 3.63) is 28.2 Å². The first kappa shape index (κ1) is 17.1.